The fourth-order valence-electron chi connectivity index (χ4n) is 1.09. The van der Waals surface area contributed by atoms with Gasteiger partial charge in [0.05, 0.1) is 6.10 Å². The normalized spacial score (nSPS) is 38.5. The highest BCUT2D eigenvalue weighted by Gasteiger charge is 2.61. The molecule has 0 spiro atoms. The minimum atomic E-state index is -4.51. The molecule has 0 saturated heterocycles. The largest absolute Gasteiger partial charge is 0.417 e. The van der Waals surface area contributed by atoms with Gasteiger partial charge in [0.1, 0.15) is 0 Å². The molecular formula is C6H9F3O2. The first-order valence-electron chi connectivity index (χ1n) is 3.21. The van der Waals surface area contributed by atoms with Crippen molar-refractivity contribution in [1.82, 2.24) is 0 Å². The lowest BCUT2D eigenvalue weighted by Gasteiger charge is -2.43. The summed E-state index contributed by atoms with van der Waals surface area (Å²) in [6.07, 6.45) is -5.64. The molecule has 5 heteroatoms. The summed E-state index contributed by atoms with van der Waals surface area (Å²) in [6.45, 7) is 0. The number of halogens is 3. The Morgan fingerprint density at radius 2 is 1.91 bits per heavy atom. The Balaban J connectivity index is 2.49. The van der Waals surface area contributed by atoms with Crippen LogP contribution < -0.4 is 0 Å². The molecule has 1 aliphatic rings. The molecule has 0 bridgehead atoms. The molecule has 1 saturated carbocycles. The van der Waals surface area contributed by atoms with Crippen molar-refractivity contribution in [2.75, 3.05) is 7.11 Å². The number of methoxy groups -OCH3 is 1. The van der Waals surface area contributed by atoms with Gasteiger partial charge in [-0.1, -0.05) is 0 Å². The summed E-state index contributed by atoms with van der Waals surface area (Å²) in [7, 11) is 1.33. The highest BCUT2D eigenvalue weighted by Crippen LogP contribution is 2.45. The van der Waals surface area contributed by atoms with Crippen LogP contribution in [0.4, 0.5) is 13.2 Å². The van der Waals surface area contributed by atoms with E-state index in [2.05, 4.69) is 4.74 Å². The monoisotopic (exact) mass is 170 g/mol. The number of hydrogen-bond donors (Lipinski definition) is 1. The molecule has 0 radical (unpaired) electrons. The van der Waals surface area contributed by atoms with E-state index in [9.17, 15) is 13.2 Å². The maximum absolute atomic E-state index is 11.9. The Labute approximate surface area is 62.0 Å². The second-order valence-corrected chi connectivity index (χ2v) is 2.80. The Morgan fingerprint density at radius 1 is 1.45 bits per heavy atom. The highest BCUT2D eigenvalue weighted by molar-refractivity contribution is 5.00. The van der Waals surface area contributed by atoms with E-state index in [1.807, 2.05) is 0 Å². The maximum atomic E-state index is 11.9. The van der Waals surface area contributed by atoms with Crippen LogP contribution in [0.5, 0.6) is 0 Å². The lowest BCUT2D eigenvalue weighted by atomic mass is 9.77. The smallest absolute Gasteiger partial charge is 0.381 e. The fourth-order valence-corrected chi connectivity index (χ4v) is 1.09. The van der Waals surface area contributed by atoms with Crippen LogP contribution in [0, 0.1) is 0 Å². The zero-order valence-electron chi connectivity index (χ0n) is 5.98. The van der Waals surface area contributed by atoms with E-state index in [1.54, 1.807) is 0 Å². The van der Waals surface area contributed by atoms with Gasteiger partial charge in [-0.25, -0.2) is 0 Å². The van der Waals surface area contributed by atoms with Gasteiger partial charge in [0.2, 0.25) is 0 Å². The Hall–Kier alpha value is -0.290. The number of rotatable bonds is 1. The van der Waals surface area contributed by atoms with Crippen LogP contribution in [0.25, 0.3) is 0 Å². The molecule has 0 unspecified atom stereocenters. The van der Waals surface area contributed by atoms with E-state index in [4.69, 9.17) is 5.11 Å². The molecular weight excluding hydrogens is 161 g/mol. The standard InChI is InChI=1S/C6H9F3O2/c1-11-4-2-5(10,3-4)6(7,8)9/h4,10H,2-3H2,1H3. The van der Waals surface area contributed by atoms with Crippen molar-refractivity contribution in [2.24, 2.45) is 0 Å². The number of alkyl halides is 3. The molecule has 0 aromatic carbocycles. The van der Waals surface area contributed by atoms with E-state index in [-0.39, 0.29) is 12.8 Å². The maximum Gasteiger partial charge on any atom is 0.417 e. The SMILES string of the molecule is COC1CC(O)(C(F)(F)F)C1. The highest BCUT2D eigenvalue weighted by atomic mass is 19.4. The van der Waals surface area contributed by atoms with Gasteiger partial charge in [-0.2, -0.15) is 13.2 Å². The molecule has 1 N–H and O–H groups in total. The molecule has 0 aromatic rings. The Bertz CT molecular complexity index is 148. The summed E-state index contributed by atoms with van der Waals surface area (Å²) in [5.41, 5.74) is -2.49. The molecule has 0 heterocycles. The van der Waals surface area contributed by atoms with Gasteiger partial charge in [-0.3, -0.25) is 0 Å². The van der Waals surface area contributed by atoms with Gasteiger partial charge >= 0.3 is 6.18 Å². The summed E-state index contributed by atoms with van der Waals surface area (Å²) in [4.78, 5) is 0. The van der Waals surface area contributed by atoms with E-state index >= 15 is 0 Å². The van der Waals surface area contributed by atoms with Crippen LogP contribution >= 0.6 is 0 Å². The molecule has 2 nitrogen and oxygen atoms in total. The Kier molecular flexibility index (Phi) is 1.88. The summed E-state index contributed by atoms with van der Waals surface area (Å²) < 4.78 is 40.3. The first-order chi connectivity index (χ1) is 4.89. The van der Waals surface area contributed by atoms with Crippen molar-refractivity contribution in [1.29, 1.82) is 0 Å². The molecule has 11 heavy (non-hydrogen) atoms. The first kappa shape index (κ1) is 8.80. The molecule has 0 atom stereocenters. The van der Waals surface area contributed by atoms with Crippen LogP contribution in [0.1, 0.15) is 12.8 Å². The van der Waals surface area contributed by atoms with Gasteiger partial charge in [0.15, 0.2) is 5.60 Å². The predicted molar refractivity (Wildman–Crippen MR) is 31.0 cm³/mol. The quantitative estimate of drug-likeness (QED) is 0.638. The van der Waals surface area contributed by atoms with Gasteiger partial charge in [-0.05, 0) is 0 Å². The van der Waals surface area contributed by atoms with Crippen molar-refractivity contribution >= 4 is 0 Å². The van der Waals surface area contributed by atoms with E-state index in [0.717, 1.165) is 0 Å². The summed E-state index contributed by atoms with van der Waals surface area (Å²) in [5, 5.41) is 8.84. The zero-order valence-corrected chi connectivity index (χ0v) is 5.98. The van der Waals surface area contributed by atoms with Crippen molar-refractivity contribution in [2.45, 2.75) is 30.7 Å². The molecule has 0 amide bonds. The minimum Gasteiger partial charge on any atom is -0.381 e. The molecule has 1 aliphatic carbocycles. The molecule has 1 rings (SSSR count). The minimum absolute atomic E-state index is 0.340. The molecule has 0 aliphatic heterocycles. The van der Waals surface area contributed by atoms with Crippen LogP contribution in [0.3, 0.4) is 0 Å². The molecule has 0 aromatic heterocycles. The van der Waals surface area contributed by atoms with Crippen molar-refractivity contribution in [3.63, 3.8) is 0 Å². The number of aliphatic hydroxyl groups is 1. The average Bonchev–Trinajstić information content (AvgIpc) is 1.78. The second kappa shape index (κ2) is 2.35. The van der Waals surface area contributed by atoms with Gasteiger partial charge in [0, 0.05) is 20.0 Å². The van der Waals surface area contributed by atoms with Crippen LogP contribution in [-0.2, 0) is 4.74 Å². The number of hydrogen-bond acceptors (Lipinski definition) is 2. The van der Waals surface area contributed by atoms with Crippen molar-refractivity contribution in [3.05, 3.63) is 0 Å². The van der Waals surface area contributed by atoms with E-state index in [1.165, 1.54) is 7.11 Å². The van der Waals surface area contributed by atoms with Gasteiger partial charge in [0.25, 0.3) is 0 Å². The fraction of sp³-hybridized carbons (Fsp3) is 1.00. The average molecular weight is 170 g/mol. The predicted octanol–water partition coefficient (Wildman–Crippen LogP) is 1.09. The zero-order chi connectivity index (χ0) is 8.70. The lowest BCUT2D eigenvalue weighted by molar-refractivity contribution is -0.308. The lowest BCUT2D eigenvalue weighted by Crippen LogP contribution is -2.57. The van der Waals surface area contributed by atoms with E-state index < -0.39 is 17.9 Å². The second-order valence-electron chi connectivity index (χ2n) is 2.80. The Morgan fingerprint density at radius 3 is 2.18 bits per heavy atom. The van der Waals surface area contributed by atoms with Gasteiger partial charge < -0.3 is 9.84 Å². The third kappa shape index (κ3) is 1.35. The van der Waals surface area contributed by atoms with Crippen molar-refractivity contribution < 1.29 is 23.0 Å². The molecule has 66 valence electrons. The molecule has 1 fully saturated rings. The van der Waals surface area contributed by atoms with Crippen molar-refractivity contribution in [3.8, 4) is 0 Å². The van der Waals surface area contributed by atoms with Crippen LogP contribution in [-0.4, -0.2) is 30.1 Å². The third-order valence-electron chi connectivity index (χ3n) is 1.99. The summed E-state index contributed by atoms with van der Waals surface area (Å²) >= 11 is 0. The van der Waals surface area contributed by atoms with E-state index in [0.29, 0.717) is 0 Å². The van der Waals surface area contributed by atoms with Crippen LogP contribution in [0.2, 0.25) is 0 Å². The summed E-state index contributed by atoms with van der Waals surface area (Å²) in [5.74, 6) is 0. The third-order valence-corrected chi connectivity index (χ3v) is 1.99. The number of ether oxygens (including phenoxy) is 1. The topological polar surface area (TPSA) is 29.5 Å². The first-order valence-corrected chi connectivity index (χ1v) is 3.21. The van der Waals surface area contributed by atoms with Gasteiger partial charge in [-0.15, -0.1) is 0 Å². The van der Waals surface area contributed by atoms with Crippen LogP contribution in [0.15, 0.2) is 0 Å². The summed E-state index contributed by atoms with van der Waals surface area (Å²) in [6, 6.07) is 0.